The van der Waals surface area contributed by atoms with Gasteiger partial charge in [0, 0.05) is 16.5 Å². The Hall–Kier alpha value is -2.40. The van der Waals surface area contributed by atoms with Crippen LogP contribution in [0.15, 0.2) is 71.6 Å². The van der Waals surface area contributed by atoms with Gasteiger partial charge in [0.05, 0.1) is 4.90 Å². The average Bonchev–Trinajstić information content (AvgIpc) is 2.48. The van der Waals surface area contributed by atoms with E-state index < -0.39 is 15.8 Å². The Morgan fingerprint density at radius 2 is 1.38 bits per heavy atom. The van der Waals surface area contributed by atoms with Gasteiger partial charge in [-0.1, -0.05) is 42.5 Å². The number of hydrogen-bond donors (Lipinski definition) is 1. The molecule has 5 heteroatoms. The van der Waals surface area contributed by atoms with Gasteiger partial charge in [-0.25, -0.2) is 12.8 Å². The fraction of sp³-hybridized carbons (Fsp3) is 0. The van der Waals surface area contributed by atoms with Crippen molar-refractivity contribution in [2.45, 2.75) is 4.90 Å². The molecule has 0 atom stereocenters. The monoisotopic (exact) mass is 301 g/mol. The van der Waals surface area contributed by atoms with Crippen LogP contribution < -0.4 is 4.72 Å². The van der Waals surface area contributed by atoms with Crippen LogP contribution in [0.4, 0.5) is 10.1 Å². The van der Waals surface area contributed by atoms with E-state index in [9.17, 15) is 12.8 Å². The van der Waals surface area contributed by atoms with Crippen molar-refractivity contribution < 1.29 is 12.8 Å². The molecule has 0 bridgehead atoms. The lowest BCUT2D eigenvalue weighted by molar-refractivity contribution is 0.601. The number of para-hydroxylation sites is 1. The van der Waals surface area contributed by atoms with Crippen LogP contribution in [-0.2, 0) is 10.0 Å². The Kier molecular flexibility index (Phi) is 3.35. The van der Waals surface area contributed by atoms with Gasteiger partial charge in [0.25, 0.3) is 10.0 Å². The van der Waals surface area contributed by atoms with Crippen LogP contribution in [0.5, 0.6) is 0 Å². The van der Waals surface area contributed by atoms with E-state index in [1.165, 1.54) is 12.1 Å². The van der Waals surface area contributed by atoms with Crippen molar-refractivity contribution in [1.82, 2.24) is 0 Å². The second-order valence-corrected chi connectivity index (χ2v) is 6.21. The van der Waals surface area contributed by atoms with Gasteiger partial charge in [0.1, 0.15) is 5.82 Å². The Balaban J connectivity index is 2.14. The molecule has 0 saturated heterocycles. The van der Waals surface area contributed by atoms with Crippen molar-refractivity contribution in [3.63, 3.8) is 0 Å². The number of halogens is 1. The van der Waals surface area contributed by atoms with E-state index in [2.05, 4.69) is 4.72 Å². The summed E-state index contributed by atoms with van der Waals surface area (Å²) in [5.74, 6) is -0.440. The quantitative estimate of drug-likeness (QED) is 0.800. The van der Waals surface area contributed by atoms with Crippen LogP contribution in [-0.4, -0.2) is 8.42 Å². The Labute approximate surface area is 122 Å². The summed E-state index contributed by atoms with van der Waals surface area (Å²) in [6, 6.07) is 17.5. The Morgan fingerprint density at radius 1 is 0.762 bits per heavy atom. The number of rotatable bonds is 3. The van der Waals surface area contributed by atoms with E-state index in [-0.39, 0.29) is 10.3 Å². The molecule has 0 radical (unpaired) electrons. The standard InChI is InChI=1S/C16H12FNO2S/c17-15-10-11-16(14-9-5-4-8-13(14)15)21(19,20)18-12-6-2-1-3-7-12/h1-11,18H. The van der Waals surface area contributed by atoms with E-state index in [1.54, 1.807) is 54.6 Å². The Morgan fingerprint density at radius 3 is 2.10 bits per heavy atom. The molecule has 0 spiro atoms. The molecule has 0 saturated carbocycles. The molecule has 3 aromatic rings. The van der Waals surface area contributed by atoms with Crippen molar-refractivity contribution in [2.24, 2.45) is 0 Å². The molecule has 3 nitrogen and oxygen atoms in total. The third kappa shape index (κ3) is 2.60. The summed E-state index contributed by atoms with van der Waals surface area (Å²) in [6.07, 6.45) is 0. The zero-order valence-electron chi connectivity index (χ0n) is 11.0. The number of benzene rings is 3. The summed E-state index contributed by atoms with van der Waals surface area (Å²) in [7, 11) is -3.77. The molecular formula is C16H12FNO2S. The van der Waals surface area contributed by atoms with Crippen LogP contribution in [0.25, 0.3) is 10.8 Å². The third-order valence-corrected chi connectivity index (χ3v) is 4.59. The summed E-state index contributed by atoms with van der Waals surface area (Å²) >= 11 is 0. The molecule has 0 aromatic heterocycles. The summed E-state index contributed by atoms with van der Waals surface area (Å²) in [4.78, 5) is 0.0587. The van der Waals surface area contributed by atoms with Gasteiger partial charge in [0.15, 0.2) is 0 Å². The fourth-order valence-corrected chi connectivity index (χ4v) is 3.46. The summed E-state index contributed by atoms with van der Waals surface area (Å²) in [5, 5.41) is 0.648. The molecule has 106 valence electrons. The summed E-state index contributed by atoms with van der Waals surface area (Å²) in [6.45, 7) is 0. The highest BCUT2D eigenvalue weighted by Crippen LogP contribution is 2.26. The highest BCUT2D eigenvalue weighted by molar-refractivity contribution is 7.93. The number of nitrogens with one attached hydrogen (secondary N) is 1. The molecule has 0 aliphatic heterocycles. The first-order chi connectivity index (χ1) is 10.1. The van der Waals surface area contributed by atoms with E-state index in [0.717, 1.165) is 0 Å². The van der Waals surface area contributed by atoms with Crippen molar-refractivity contribution in [3.8, 4) is 0 Å². The minimum atomic E-state index is -3.77. The maximum Gasteiger partial charge on any atom is 0.262 e. The predicted molar refractivity (Wildman–Crippen MR) is 81.2 cm³/mol. The molecule has 0 aliphatic rings. The number of anilines is 1. The lowest BCUT2D eigenvalue weighted by atomic mass is 10.1. The summed E-state index contributed by atoms with van der Waals surface area (Å²) in [5.41, 5.74) is 0.464. The molecule has 3 rings (SSSR count). The third-order valence-electron chi connectivity index (χ3n) is 3.15. The summed E-state index contributed by atoms with van der Waals surface area (Å²) < 4.78 is 41.2. The van der Waals surface area contributed by atoms with E-state index in [4.69, 9.17) is 0 Å². The predicted octanol–water partition coefficient (Wildman–Crippen LogP) is 3.78. The van der Waals surface area contributed by atoms with E-state index >= 15 is 0 Å². The number of hydrogen-bond acceptors (Lipinski definition) is 2. The zero-order valence-corrected chi connectivity index (χ0v) is 11.8. The van der Waals surface area contributed by atoms with Crippen molar-refractivity contribution >= 4 is 26.5 Å². The minimum absolute atomic E-state index is 0.0587. The van der Waals surface area contributed by atoms with E-state index in [1.807, 2.05) is 0 Å². The van der Waals surface area contributed by atoms with Crippen molar-refractivity contribution in [1.29, 1.82) is 0 Å². The van der Waals surface area contributed by atoms with Crippen molar-refractivity contribution in [3.05, 3.63) is 72.5 Å². The van der Waals surface area contributed by atoms with Gasteiger partial charge >= 0.3 is 0 Å². The number of sulfonamides is 1. The Bertz CT molecular complexity index is 893. The van der Waals surface area contributed by atoms with Gasteiger partial charge in [0.2, 0.25) is 0 Å². The van der Waals surface area contributed by atoms with Gasteiger partial charge in [-0.15, -0.1) is 0 Å². The van der Waals surface area contributed by atoms with Crippen LogP contribution in [0.2, 0.25) is 0 Å². The minimum Gasteiger partial charge on any atom is -0.280 e. The zero-order chi connectivity index (χ0) is 14.9. The number of fused-ring (bicyclic) bond motifs is 1. The van der Waals surface area contributed by atoms with Crippen LogP contribution >= 0.6 is 0 Å². The fourth-order valence-electron chi connectivity index (χ4n) is 2.19. The molecular weight excluding hydrogens is 289 g/mol. The highest BCUT2D eigenvalue weighted by atomic mass is 32.2. The first kappa shape index (κ1) is 13.6. The van der Waals surface area contributed by atoms with Gasteiger partial charge in [-0.2, -0.15) is 0 Å². The SMILES string of the molecule is O=S(=O)(Nc1ccccc1)c1ccc(F)c2ccccc12. The second-order valence-electron chi connectivity index (χ2n) is 4.56. The molecule has 3 aromatic carbocycles. The smallest absolute Gasteiger partial charge is 0.262 e. The van der Waals surface area contributed by atoms with Gasteiger partial charge in [-0.05, 0) is 24.3 Å². The first-order valence-electron chi connectivity index (χ1n) is 6.33. The maximum atomic E-state index is 13.8. The van der Waals surface area contributed by atoms with Crippen LogP contribution in [0, 0.1) is 5.82 Å². The lowest BCUT2D eigenvalue weighted by Gasteiger charge is -2.11. The lowest BCUT2D eigenvalue weighted by Crippen LogP contribution is -2.13. The first-order valence-corrected chi connectivity index (χ1v) is 7.81. The average molecular weight is 301 g/mol. The molecule has 0 fully saturated rings. The van der Waals surface area contributed by atoms with Gasteiger partial charge < -0.3 is 0 Å². The normalized spacial score (nSPS) is 11.5. The molecule has 0 unspecified atom stereocenters. The van der Waals surface area contributed by atoms with Crippen molar-refractivity contribution in [2.75, 3.05) is 4.72 Å². The molecule has 0 heterocycles. The highest BCUT2D eigenvalue weighted by Gasteiger charge is 2.18. The second kappa shape index (κ2) is 5.18. The van der Waals surface area contributed by atoms with Crippen LogP contribution in [0.1, 0.15) is 0 Å². The molecule has 21 heavy (non-hydrogen) atoms. The molecule has 0 aliphatic carbocycles. The molecule has 1 N–H and O–H groups in total. The van der Waals surface area contributed by atoms with E-state index in [0.29, 0.717) is 11.1 Å². The topological polar surface area (TPSA) is 46.2 Å². The van der Waals surface area contributed by atoms with Gasteiger partial charge in [-0.3, -0.25) is 4.72 Å². The maximum absolute atomic E-state index is 13.8. The largest absolute Gasteiger partial charge is 0.280 e. The van der Waals surface area contributed by atoms with Crippen LogP contribution in [0.3, 0.4) is 0 Å². The molecule has 0 amide bonds.